The molecule has 2 saturated heterocycles. The van der Waals surface area contributed by atoms with Crippen LogP contribution in [0.2, 0.25) is 0 Å². The molecule has 4 rings (SSSR count). The summed E-state index contributed by atoms with van der Waals surface area (Å²) in [6.45, 7) is 3.37. The van der Waals surface area contributed by atoms with Crippen molar-refractivity contribution in [2.24, 2.45) is 5.92 Å². The second-order valence-corrected chi connectivity index (χ2v) is 8.60. The molecule has 2 aromatic rings. The van der Waals surface area contributed by atoms with Crippen LogP contribution in [0, 0.1) is 5.92 Å². The monoisotopic (exact) mass is 440 g/mol. The van der Waals surface area contributed by atoms with E-state index in [1.807, 2.05) is 21.7 Å². The van der Waals surface area contributed by atoms with Gasteiger partial charge in [-0.05, 0) is 51.4 Å². The van der Waals surface area contributed by atoms with E-state index in [0.29, 0.717) is 17.3 Å². The summed E-state index contributed by atoms with van der Waals surface area (Å²) in [6, 6.07) is 8.84. The molecule has 172 valence electrons. The van der Waals surface area contributed by atoms with E-state index >= 15 is 0 Å². The van der Waals surface area contributed by atoms with Crippen molar-refractivity contribution in [1.29, 1.82) is 0 Å². The quantitative estimate of drug-likeness (QED) is 0.746. The van der Waals surface area contributed by atoms with E-state index in [2.05, 4.69) is 27.7 Å². The van der Waals surface area contributed by atoms with Crippen LogP contribution < -0.4 is 15.4 Å². The molecule has 2 aliphatic rings. The Morgan fingerprint density at radius 2 is 1.84 bits per heavy atom. The summed E-state index contributed by atoms with van der Waals surface area (Å²) in [5.41, 5.74) is 0.596. The van der Waals surface area contributed by atoms with Crippen LogP contribution in [0.3, 0.4) is 0 Å². The normalized spacial score (nSPS) is 20.1. The van der Waals surface area contributed by atoms with E-state index in [4.69, 9.17) is 4.74 Å². The molecular formula is C23H32N6O3. The number of rotatable bonds is 5. The van der Waals surface area contributed by atoms with E-state index < -0.39 is 0 Å². The Balaban J connectivity index is 1.33. The van der Waals surface area contributed by atoms with E-state index in [1.165, 1.54) is 0 Å². The number of benzene rings is 1. The molecule has 3 amide bonds. The number of nitrogens with zero attached hydrogens (tertiary/aromatic N) is 4. The smallest absolute Gasteiger partial charge is 0.324 e. The molecular weight excluding hydrogens is 408 g/mol. The Kier molecular flexibility index (Phi) is 6.94. The van der Waals surface area contributed by atoms with Crippen LogP contribution in [0.15, 0.2) is 36.5 Å². The number of amides is 3. The molecule has 1 aromatic carbocycles. The Morgan fingerprint density at radius 3 is 2.59 bits per heavy atom. The average molecular weight is 441 g/mol. The van der Waals surface area contributed by atoms with Crippen molar-refractivity contribution < 1.29 is 14.3 Å². The predicted octanol–water partition coefficient (Wildman–Crippen LogP) is 3.04. The highest BCUT2D eigenvalue weighted by Gasteiger charge is 2.31. The third kappa shape index (κ3) is 5.04. The minimum absolute atomic E-state index is 0.117. The van der Waals surface area contributed by atoms with Crippen LogP contribution in [-0.4, -0.2) is 71.9 Å². The number of likely N-dealkylation sites (tertiary alicyclic amines) is 2. The minimum atomic E-state index is -0.356. The molecule has 3 heterocycles. The topological polar surface area (TPSA) is 91.7 Å². The van der Waals surface area contributed by atoms with E-state index in [0.717, 1.165) is 51.9 Å². The zero-order valence-electron chi connectivity index (χ0n) is 18.8. The summed E-state index contributed by atoms with van der Waals surface area (Å²) < 4.78 is 7.14. The first-order chi connectivity index (χ1) is 15.5. The van der Waals surface area contributed by atoms with Gasteiger partial charge in [0.1, 0.15) is 11.6 Å². The number of anilines is 2. The highest BCUT2D eigenvalue weighted by molar-refractivity contribution is 6.00. The van der Waals surface area contributed by atoms with Gasteiger partial charge in [0.05, 0.1) is 31.0 Å². The lowest BCUT2D eigenvalue weighted by atomic mass is 9.95. The molecule has 2 aliphatic heterocycles. The minimum Gasteiger partial charge on any atom is -0.495 e. The summed E-state index contributed by atoms with van der Waals surface area (Å²) in [6.07, 6.45) is 5.39. The van der Waals surface area contributed by atoms with Crippen LogP contribution in [-0.2, 0) is 4.79 Å². The van der Waals surface area contributed by atoms with Gasteiger partial charge in [-0.15, -0.1) is 0 Å². The molecule has 2 N–H and O–H groups in total. The fourth-order valence-electron chi connectivity index (χ4n) is 4.68. The number of aromatic nitrogens is 2. The Morgan fingerprint density at radius 1 is 1.06 bits per heavy atom. The molecule has 0 aliphatic carbocycles. The first kappa shape index (κ1) is 22.1. The van der Waals surface area contributed by atoms with Crippen molar-refractivity contribution in [1.82, 2.24) is 19.6 Å². The van der Waals surface area contributed by atoms with Gasteiger partial charge in [-0.3, -0.25) is 10.1 Å². The lowest BCUT2D eigenvalue weighted by molar-refractivity contribution is -0.138. The second kappa shape index (κ2) is 10.0. The zero-order chi connectivity index (χ0) is 22.5. The summed E-state index contributed by atoms with van der Waals surface area (Å²) in [5, 5.41) is 10.1. The third-order valence-electron chi connectivity index (χ3n) is 6.36. The lowest BCUT2D eigenvalue weighted by Gasteiger charge is -2.37. The molecule has 2 fully saturated rings. The predicted molar refractivity (Wildman–Crippen MR) is 123 cm³/mol. The number of carbonyl (C=O) groups excluding carboxylic acids is 2. The molecule has 32 heavy (non-hydrogen) atoms. The Labute approximate surface area is 188 Å². The molecule has 9 nitrogen and oxygen atoms in total. The summed E-state index contributed by atoms with van der Waals surface area (Å²) in [4.78, 5) is 29.7. The van der Waals surface area contributed by atoms with Gasteiger partial charge in [0.2, 0.25) is 5.91 Å². The van der Waals surface area contributed by atoms with Crippen LogP contribution in [0.5, 0.6) is 5.75 Å². The Hall–Kier alpha value is -3.07. The SMILES string of the molecule is COc1ccccc1NC(=O)Nc1ccnn1C1CCN(C(=O)[C@H]2CCCN(C)C2)CC1. The van der Waals surface area contributed by atoms with Crippen molar-refractivity contribution >= 4 is 23.4 Å². The summed E-state index contributed by atoms with van der Waals surface area (Å²) in [5.74, 6) is 1.63. The van der Waals surface area contributed by atoms with Crippen molar-refractivity contribution in [3.05, 3.63) is 36.5 Å². The Bertz CT molecular complexity index is 937. The van der Waals surface area contributed by atoms with Crippen molar-refractivity contribution in [2.75, 3.05) is 51.0 Å². The van der Waals surface area contributed by atoms with Gasteiger partial charge in [-0.2, -0.15) is 5.10 Å². The van der Waals surface area contributed by atoms with E-state index in [1.54, 1.807) is 31.5 Å². The lowest BCUT2D eigenvalue weighted by Crippen LogP contribution is -2.46. The summed E-state index contributed by atoms with van der Waals surface area (Å²) >= 11 is 0. The summed E-state index contributed by atoms with van der Waals surface area (Å²) in [7, 11) is 3.65. The number of nitrogens with one attached hydrogen (secondary N) is 2. The van der Waals surface area contributed by atoms with E-state index in [-0.39, 0.29) is 23.9 Å². The number of urea groups is 1. The fourth-order valence-corrected chi connectivity index (χ4v) is 4.68. The molecule has 1 aromatic heterocycles. The first-order valence-corrected chi connectivity index (χ1v) is 11.3. The third-order valence-corrected chi connectivity index (χ3v) is 6.36. The molecule has 9 heteroatoms. The highest BCUT2D eigenvalue weighted by Crippen LogP contribution is 2.28. The van der Waals surface area contributed by atoms with Gasteiger partial charge in [-0.1, -0.05) is 12.1 Å². The number of ether oxygens (including phenoxy) is 1. The highest BCUT2D eigenvalue weighted by atomic mass is 16.5. The zero-order valence-corrected chi connectivity index (χ0v) is 18.8. The molecule has 0 spiro atoms. The molecule has 0 bridgehead atoms. The van der Waals surface area contributed by atoms with Crippen molar-refractivity contribution in [3.63, 3.8) is 0 Å². The number of methoxy groups -OCH3 is 1. The fraction of sp³-hybridized carbons (Fsp3) is 0.522. The first-order valence-electron chi connectivity index (χ1n) is 11.3. The molecule has 0 saturated carbocycles. The van der Waals surface area contributed by atoms with Crippen molar-refractivity contribution in [3.8, 4) is 5.75 Å². The number of hydrogen-bond donors (Lipinski definition) is 2. The van der Waals surface area contributed by atoms with Crippen LogP contribution in [0.1, 0.15) is 31.7 Å². The van der Waals surface area contributed by atoms with Gasteiger partial charge >= 0.3 is 6.03 Å². The number of hydrogen-bond acceptors (Lipinski definition) is 5. The maximum absolute atomic E-state index is 12.9. The number of piperidine rings is 2. The van der Waals surface area contributed by atoms with Gasteiger partial charge in [-0.25, -0.2) is 9.48 Å². The maximum Gasteiger partial charge on any atom is 0.324 e. The average Bonchev–Trinajstić information content (AvgIpc) is 3.27. The molecule has 1 atom stereocenters. The van der Waals surface area contributed by atoms with E-state index in [9.17, 15) is 9.59 Å². The standard InChI is InChI=1S/C23H32N6O3/c1-27-13-5-6-17(16-27)22(30)28-14-10-18(11-15-28)29-21(9-12-24-29)26-23(31)25-19-7-3-4-8-20(19)32-2/h3-4,7-9,12,17-18H,5-6,10-11,13-16H2,1-2H3,(H2,25,26,31)/t17-/m0/s1. The number of para-hydroxylation sites is 2. The second-order valence-electron chi connectivity index (χ2n) is 8.60. The van der Waals surface area contributed by atoms with Crippen LogP contribution >= 0.6 is 0 Å². The molecule has 0 radical (unpaired) electrons. The number of carbonyl (C=O) groups is 2. The van der Waals surface area contributed by atoms with Gasteiger partial charge < -0.3 is 19.9 Å². The largest absolute Gasteiger partial charge is 0.495 e. The van der Waals surface area contributed by atoms with Gasteiger partial charge in [0.25, 0.3) is 0 Å². The van der Waals surface area contributed by atoms with Crippen LogP contribution in [0.4, 0.5) is 16.3 Å². The van der Waals surface area contributed by atoms with Crippen LogP contribution in [0.25, 0.3) is 0 Å². The maximum atomic E-state index is 12.9. The molecule has 0 unspecified atom stereocenters. The van der Waals surface area contributed by atoms with Gasteiger partial charge in [0, 0.05) is 25.7 Å². The van der Waals surface area contributed by atoms with Crippen molar-refractivity contribution in [2.45, 2.75) is 31.7 Å². The van der Waals surface area contributed by atoms with Gasteiger partial charge in [0.15, 0.2) is 0 Å².